The van der Waals surface area contributed by atoms with Crippen LogP contribution in [-0.4, -0.2) is 87.1 Å². The first-order valence-corrected chi connectivity index (χ1v) is 14.7. The summed E-state index contributed by atoms with van der Waals surface area (Å²) in [6.45, 7) is 4.36. The minimum atomic E-state index is -0.647. The van der Waals surface area contributed by atoms with Gasteiger partial charge >= 0.3 is 5.97 Å². The molecule has 0 radical (unpaired) electrons. The number of aryl methyl sites for hydroxylation is 1. The molecule has 2 rings (SSSR count). The van der Waals surface area contributed by atoms with Crippen molar-refractivity contribution >= 4 is 11.9 Å². The fraction of sp³-hybridized carbons (Fsp3) is 0.625. The summed E-state index contributed by atoms with van der Waals surface area (Å²) >= 11 is 0. The van der Waals surface area contributed by atoms with Crippen LogP contribution < -0.4 is 5.32 Å². The number of methoxy groups -OCH3 is 1. The van der Waals surface area contributed by atoms with Crippen LogP contribution in [0.25, 0.3) is 0 Å². The molecule has 230 valence electrons. The lowest BCUT2D eigenvalue weighted by atomic mass is 9.89. The van der Waals surface area contributed by atoms with Crippen LogP contribution in [-0.2, 0) is 35.0 Å². The number of aliphatic hydroxyl groups is 2. The summed E-state index contributed by atoms with van der Waals surface area (Å²) in [6, 6.07) is 10.0. The van der Waals surface area contributed by atoms with Gasteiger partial charge in [0.05, 0.1) is 45.2 Å². The second-order valence-corrected chi connectivity index (χ2v) is 10.3. The monoisotopic (exact) mass is 575 g/mol. The largest absolute Gasteiger partial charge is 0.462 e. The predicted octanol–water partition coefficient (Wildman–Crippen LogP) is 3.38. The summed E-state index contributed by atoms with van der Waals surface area (Å²) in [5, 5.41) is 24.1. The molecule has 0 aliphatic heterocycles. The topological polar surface area (TPSA) is 124 Å². The Labute approximate surface area is 244 Å². The van der Waals surface area contributed by atoms with Gasteiger partial charge in [-0.1, -0.05) is 54.6 Å². The van der Waals surface area contributed by atoms with Crippen molar-refractivity contribution < 1.29 is 38.7 Å². The van der Waals surface area contributed by atoms with E-state index in [0.717, 1.165) is 12.8 Å². The van der Waals surface area contributed by atoms with Gasteiger partial charge in [0.25, 0.3) is 0 Å². The summed E-state index contributed by atoms with van der Waals surface area (Å²) in [6.07, 6.45) is 10.3. The van der Waals surface area contributed by atoms with Crippen molar-refractivity contribution in [1.82, 2.24) is 5.32 Å². The standard InChI is InChI=1S/C32H49NO8/c1-25(34)41-31-24-30(36)28(17-16-27(35)15-14-26-10-6-5-7-11-26)29(31)12-8-3-4-9-13-32(37)33-18-19-39-22-23-40-21-20-38-2/h3,5-8,10-11,16-17,27-31,35-36H,4,9,12-15,18-24H2,1-2H3,(H,33,37)/b8-3-,17-16+/t27-,28+,29+,30+,31-/m0/s1. The molecule has 0 spiro atoms. The number of allylic oxidation sites excluding steroid dienone is 2. The van der Waals surface area contributed by atoms with Crippen LogP contribution in [0.5, 0.6) is 0 Å². The van der Waals surface area contributed by atoms with Crippen LogP contribution in [0.3, 0.4) is 0 Å². The molecule has 1 aliphatic rings. The highest BCUT2D eigenvalue weighted by Crippen LogP contribution is 2.38. The van der Waals surface area contributed by atoms with Crippen molar-refractivity contribution in [2.75, 3.05) is 46.7 Å². The van der Waals surface area contributed by atoms with E-state index in [1.54, 1.807) is 13.2 Å². The summed E-state index contributed by atoms with van der Waals surface area (Å²) in [4.78, 5) is 23.7. The highest BCUT2D eigenvalue weighted by molar-refractivity contribution is 5.75. The van der Waals surface area contributed by atoms with E-state index in [9.17, 15) is 19.8 Å². The highest BCUT2D eigenvalue weighted by Gasteiger charge is 2.42. The Balaban J connectivity index is 1.70. The molecular weight excluding hydrogens is 526 g/mol. The van der Waals surface area contributed by atoms with E-state index >= 15 is 0 Å². The van der Waals surface area contributed by atoms with E-state index in [-0.39, 0.29) is 29.8 Å². The third kappa shape index (κ3) is 15.3. The molecule has 41 heavy (non-hydrogen) atoms. The number of carbonyl (C=O) groups is 2. The Bertz CT molecular complexity index is 906. The molecule has 1 aliphatic carbocycles. The van der Waals surface area contributed by atoms with Gasteiger partial charge in [0.15, 0.2) is 0 Å². The quantitative estimate of drug-likeness (QED) is 0.116. The molecule has 0 aromatic heterocycles. The smallest absolute Gasteiger partial charge is 0.302 e. The molecular formula is C32H49NO8. The van der Waals surface area contributed by atoms with Gasteiger partial charge in [-0.25, -0.2) is 0 Å². The number of esters is 1. The molecule has 9 heteroatoms. The first-order chi connectivity index (χ1) is 19.9. The van der Waals surface area contributed by atoms with Gasteiger partial charge in [0.2, 0.25) is 5.91 Å². The number of unbranched alkanes of at least 4 members (excludes halogenated alkanes) is 1. The molecule has 1 fully saturated rings. The average Bonchev–Trinajstić information content (AvgIpc) is 3.24. The fourth-order valence-electron chi connectivity index (χ4n) is 4.91. The number of amides is 1. The molecule has 9 nitrogen and oxygen atoms in total. The van der Waals surface area contributed by atoms with Gasteiger partial charge in [0.1, 0.15) is 6.10 Å². The van der Waals surface area contributed by atoms with Gasteiger partial charge in [-0.05, 0) is 37.7 Å². The fourth-order valence-corrected chi connectivity index (χ4v) is 4.91. The van der Waals surface area contributed by atoms with E-state index in [1.807, 2.05) is 48.6 Å². The number of rotatable bonds is 21. The molecule has 0 unspecified atom stereocenters. The average molecular weight is 576 g/mol. The summed E-state index contributed by atoms with van der Waals surface area (Å²) in [5.74, 6) is -0.685. The maximum atomic E-state index is 12.0. The molecule has 0 saturated heterocycles. The number of carbonyl (C=O) groups excluding carboxylic acids is 2. The van der Waals surface area contributed by atoms with Crippen LogP contribution in [0.2, 0.25) is 0 Å². The Kier molecular flexibility index (Phi) is 17.9. The van der Waals surface area contributed by atoms with Gasteiger partial charge in [-0.15, -0.1) is 0 Å². The SMILES string of the molecule is COCCOCCOCCNC(=O)CCC/C=C\C[C@@H]1[C@@H](/C=C/[C@@H](O)CCc2ccccc2)[C@H](O)C[C@@H]1OC(C)=O. The molecule has 0 heterocycles. The summed E-state index contributed by atoms with van der Waals surface area (Å²) in [7, 11) is 1.63. The molecule has 5 atom stereocenters. The lowest BCUT2D eigenvalue weighted by Crippen LogP contribution is -2.27. The zero-order valence-corrected chi connectivity index (χ0v) is 24.6. The van der Waals surface area contributed by atoms with E-state index in [2.05, 4.69) is 5.32 Å². The second-order valence-electron chi connectivity index (χ2n) is 10.3. The molecule has 1 amide bonds. The van der Waals surface area contributed by atoms with Crippen molar-refractivity contribution in [3.8, 4) is 0 Å². The molecule has 1 aromatic carbocycles. The van der Waals surface area contributed by atoms with Gasteiger partial charge < -0.3 is 34.5 Å². The lowest BCUT2D eigenvalue weighted by Gasteiger charge is -2.22. The zero-order chi connectivity index (χ0) is 29.7. The van der Waals surface area contributed by atoms with Gasteiger partial charge in [-0.2, -0.15) is 0 Å². The zero-order valence-electron chi connectivity index (χ0n) is 24.6. The molecule has 1 saturated carbocycles. The maximum Gasteiger partial charge on any atom is 0.302 e. The third-order valence-electron chi connectivity index (χ3n) is 7.06. The lowest BCUT2D eigenvalue weighted by molar-refractivity contribution is -0.148. The van der Waals surface area contributed by atoms with Gasteiger partial charge in [0, 0.05) is 45.3 Å². The van der Waals surface area contributed by atoms with Crippen LogP contribution in [0.15, 0.2) is 54.6 Å². The minimum Gasteiger partial charge on any atom is -0.462 e. The third-order valence-corrected chi connectivity index (χ3v) is 7.06. The van der Waals surface area contributed by atoms with Crippen LogP contribution in [0.4, 0.5) is 0 Å². The maximum absolute atomic E-state index is 12.0. The normalized spacial score (nSPS) is 21.5. The minimum absolute atomic E-state index is 0.0109. The molecule has 3 N–H and O–H groups in total. The van der Waals surface area contributed by atoms with Crippen molar-refractivity contribution in [3.05, 3.63) is 60.2 Å². The van der Waals surface area contributed by atoms with Crippen LogP contribution in [0, 0.1) is 11.8 Å². The van der Waals surface area contributed by atoms with Crippen molar-refractivity contribution in [2.45, 2.75) is 70.2 Å². The highest BCUT2D eigenvalue weighted by atomic mass is 16.5. The number of hydrogen-bond acceptors (Lipinski definition) is 8. The Morgan fingerprint density at radius 1 is 1.07 bits per heavy atom. The molecule has 1 aromatic rings. The Morgan fingerprint density at radius 3 is 2.54 bits per heavy atom. The first kappa shape index (κ1) is 34.6. The summed E-state index contributed by atoms with van der Waals surface area (Å²) < 4.78 is 21.1. The number of aliphatic hydroxyl groups excluding tert-OH is 2. The summed E-state index contributed by atoms with van der Waals surface area (Å²) in [5.41, 5.74) is 1.17. The van der Waals surface area contributed by atoms with E-state index in [4.69, 9.17) is 18.9 Å². The number of benzene rings is 1. The van der Waals surface area contributed by atoms with Crippen LogP contribution in [0.1, 0.15) is 51.0 Å². The van der Waals surface area contributed by atoms with Crippen LogP contribution >= 0.6 is 0 Å². The predicted molar refractivity (Wildman–Crippen MR) is 157 cm³/mol. The van der Waals surface area contributed by atoms with E-state index in [1.165, 1.54) is 12.5 Å². The van der Waals surface area contributed by atoms with E-state index in [0.29, 0.717) is 71.7 Å². The van der Waals surface area contributed by atoms with Crippen molar-refractivity contribution in [2.24, 2.45) is 11.8 Å². The first-order valence-electron chi connectivity index (χ1n) is 14.7. The Hall–Kier alpha value is -2.56. The van der Waals surface area contributed by atoms with Crippen molar-refractivity contribution in [1.29, 1.82) is 0 Å². The second kappa shape index (κ2) is 21.2. The Morgan fingerprint density at radius 2 is 1.80 bits per heavy atom. The van der Waals surface area contributed by atoms with Crippen molar-refractivity contribution in [3.63, 3.8) is 0 Å². The number of ether oxygens (including phenoxy) is 4. The van der Waals surface area contributed by atoms with E-state index < -0.39 is 12.2 Å². The number of nitrogens with one attached hydrogen (secondary N) is 1. The molecule has 0 bridgehead atoms. The number of hydrogen-bond donors (Lipinski definition) is 3. The van der Waals surface area contributed by atoms with Gasteiger partial charge in [-0.3, -0.25) is 9.59 Å².